The van der Waals surface area contributed by atoms with Crippen LogP contribution < -0.4 is 25.8 Å². The zero-order chi connectivity index (χ0) is 29.1. The van der Waals surface area contributed by atoms with Gasteiger partial charge in [0, 0.05) is 18.3 Å². The minimum Gasteiger partial charge on any atom is -0.494 e. The second-order valence-corrected chi connectivity index (χ2v) is 9.18. The lowest BCUT2D eigenvalue weighted by molar-refractivity contribution is -0.752. The summed E-state index contributed by atoms with van der Waals surface area (Å²) < 4.78 is 38.1. The number of carbonyl (C=O) groups excluding carboxylic acids is 3. The van der Waals surface area contributed by atoms with Crippen molar-refractivity contribution < 1.29 is 32.6 Å². The van der Waals surface area contributed by atoms with Crippen molar-refractivity contribution in [2.75, 3.05) is 12.4 Å². The fraction of sp³-hybridized carbons (Fsp3) is 0.192. The number of amides is 3. The topological polar surface area (TPSA) is 137 Å². The summed E-state index contributed by atoms with van der Waals surface area (Å²) in [5.41, 5.74) is 6.51. The molecule has 0 aliphatic rings. The van der Waals surface area contributed by atoms with Gasteiger partial charge in [-0.05, 0) is 30.3 Å². The van der Waals surface area contributed by atoms with E-state index in [1.165, 1.54) is 55.3 Å². The van der Waals surface area contributed by atoms with Crippen molar-refractivity contribution in [1.29, 1.82) is 0 Å². The zero-order valence-electron chi connectivity index (χ0n) is 21.7. The van der Waals surface area contributed by atoms with Gasteiger partial charge in [-0.3, -0.25) is 14.4 Å². The third-order valence-electron chi connectivity index (χ3n) is 6.05. The van der Waals surface area contributed by atoms with Gasteiger partial charge in [0.2, 0.25) is 11.7 Å². The van der Waals surface area contributed by atoms with Crippen LogP contribution in [0, 0.1) is 11.6 Å². The van der Waals surface area contributed by atoms with Gasteiger partial charge >= 0.3 is 0 Å². The molecule has 4 N–H and O–H groups in total. The van der Waals surface area contributed by atoms with Gasteiger partial charge in [-0.2, -0.15) is 9.07 Å². The van der Waals surface area contributed by atoms with Crippen LogP contribution in [0.5, 0.6) is 5.75 Å². The van der Waals surface area contributed by atoms with E-state index in [0.717, 1.165) is 5.56 Å². The number of hydrogen-bond acceptors (Lipinski definition) is 5. The summed E-state index contributed by atoms with van der Waals surface area (Å²) in [6.45, 7) is 0.174. The molecule has 0 unspecified atom stereocenters. The lowest BCUT2D eigenvalue weighted by Gasteiger charge is -2.11. The number of halogens is 3. The number of aryl methyl sites for hydroxylation is 1. The molecule has 14 heteroatoms. The Kier molecular flexibility index (Phi) is 8.14. The zero-order valence-corrected chi connectivity index (χ0v) is 22.4. The molecule has 4 aromatic rings. The summed E-state index contributed by atoms with van der Waals surface area (Å²) in [6, 6.07) is 6.95. The van der Waals surface area contributed by atoms with E-state index >= 15 is 0 Å². The first-order chi connectivity index (χ1) is 19.0. The SMILES string of the molecule is COc1ccc(-c2cnc(C(=O)Nc3ccc(C(=O)NCc4cn(CC(N)=O)[n+](C)c4)c(Cl)c3)n2C)c(F)c1F. The van der Waals surface area contributed by atoms with Crippen LogP contribution in [0.25, 0.3) is 11.3 Å². The molecule has 0 bridgehead atoms. The molecule has 2 aromatic carbocycles. The van der Waals surface area contributed by atoms with E-state index in [1.807, 2.05) is 0 Å². The molecule has 0 saturated heterocycles. The van der Waals surface area contributed by atoms with E-state index in [0.29, 0.717) is 0 Å². The monoisotopic (exact) mass is 572 g/mol. The maximum absolute atomic E-state index is 14.6. The fourth-order valence-electron chi connectivity index (χ4n) is 4.04. The lowest BCUT2D eigenvalue weighted by Crippen LogP contribution is -2.40. The van der Waals surface area contributed by atoms with Crippen LogP contribution >= 0.6 is 11.6 Å². The normalized spacial score (nSPS) is 10.8. The van der Waals surface area contributed by atoms with Crippen molar-refractivity contribution in [3.8, 4) is 17.0 Å². The predicted molar refractivity (Wildman–Crippen MR) is 140 cm³/mol. The number of methoxy groups -OCH3 is 1. The molecule has 208 valence electrons. The van der Waals surface area contributed by atoms with E-state index in [4.69, 9.17) is 22.1 Å². The summed E-state index contributed by atoms with van der Waals surface area (Å²) in [6.07, 6.45) is 4.68. The highest BCUT2D eigenvalue weighted by Gasteiger charge is 2.22. The number of imidazole rings is 1. The second-order valence-electron chi connectivity index (χ2n) is 8.77. The van der Waals surface area contributed by atoms with Gasteiger partial charge in [-0.15, -0.1) is 4.68 Å². The Morgan fingerprint density at radius 2 is 1.90 bits per heavy atom. The van der Waals surface area contributed by atoms with Crippen LogP contribution in [0.2, 0.25) is 5.02 Å². The van der Waals surface area contributed by atoms with Crippen molar-refractivity contribution >= 4 is 35.0 Å². The molecule has 0 atom stereocenters. The highest BCUT2D eigenvalue weighted by Crippen LogP contribution is 2.30. The number of anilines is 1. The Bertz CT molecular complexity index is 1630. The van der Waals surface area contributed by atoms with Crippen LogP contribution in [-0.2, 0) is 32.0 Å². The average molecular weight is 573 g/mol. The Hall–Kier alpha value is -4.78. The van der Waals surface area contributed by atoms with Crippen LogP contribution in [0.4, 0.5) is 14.5 Å². The van der Waals surface area contributed by atoms with Gasteiger partial charge in [0.15, 0.2) is 37.2 Å². The highest BCUT2D eigenvalue weighted by atomic mass is 35.5. The molecule has 0 aliphatic heterocycles. The quantitative estimate of drug-likeness (QED) is 0.264. The molecule has 0 fully saturated rings. The summed E-state index contributed by atoms with van der Waals surface area (Å²) in [7, 11) is 4.45. The van der Waals surface area contributed by atoms with E-state index in [2.05, 4.69) is 15.6 Å². The molecule has 0 aliphatic carbocycles. The molecule has 3 amide bonds. The van der Waals surface area contributed by atoms with Crippen LogP contribution in [0.15, 0.2) is 48.9 Å². The summed E-state index contributed by atoms with van der Waals surface area (Å²) >= 11 is 6.31. The van der Waals surface area contributed by atoms with Crippen LogP contribution in [-0.4, -0.2) is 39.1 Å². The van der Waals surface area contributed by atoms with Crippen molar-refractivity contribution in [1.82, 2.24) is 19.5 Å². The molecule has 0 radical (unpaired) electrons. The van der Waals surface area contributed by atoms with E-state index in [1.54, 1.807) is 28.8 Å². The van der Waals surface area contributed by atoms with Crippen molar-refractivity contribution in [2.45, 2.75) is 13.1 Å². The molecule has 2 aromatic heterocycles. The third kappa shape index (κ3) is 5.78. The molecule has 2 heterocycles. The van der Waals surface area contributed by atoms with Gasteiger partial charge in [0.1, 0.15) is 0 Å². The van der Waals surface area contributed by atoms with E-state index in [-0.39, 0.29) is 52.2 Å². The maximum Gasteiger partial charge on any atom is 0.291 e. The number of carbonyl (C=O) groups is 3. The number of ether oxygens (including phenoxy) is 1. The minimum absolute atomic E-state index is 0.0000329. The molecule has 0 saturated carbocycles. The Morgan fingerprint density at radius 1 is 1.15 bits per heavy atom. The first kappa shape index (κ1) is 28.2. The Morgan fingerprint density at radius 3 is 2.58 bits per heavy atom. The van der Waals surface area contributed by atoms with Gasteiger partial charge in [-0.1, -0.05) is 11.6 Å². The first-order valence-electron chi connectivity index (χ1n) is 11.8. The minimum atomic E-state index is -1.15. The number of benzene rings is 2. The number of rotatable bonds is 9. The maximum atomic E-state index is 14.6. The predicted octanol–water partition coefficient (Wildman–Crippen LogP) is 2.32. The Labute approximate surface area is 232 Å². The fourth-order valence-corrected chi connectivity index (χ4v) is 4.30. The van der Waals surface area contributed by atoms with E-state index in [9.17, 15) is 23.2 Å². The molecular weight excluding hydrogens is 548 g/mol. The highest BCUT2D eigenvalue weighted by molar-refractivity contribution is 6.34. The summed E-state index contributed by atoms with van der Waals surface area (Å²) in [4.78, 5) is 40.8. The number of hydrogen-bond donors (Lipinski definition) is 3. The van der Waals surface area contributed by atoms with Crippen LogP contribution in [0.1, 0.15) is 26.5 Å². The summed E-state index contributed by atoms with van der Waals surface area (Å²) in [5, 5.41) is 5.46. The number of nitrogens with two attached hydrogens (primary N) is 1. The van der Waals surface area contributed by atoms with Crippen molar-refractivity contribution in [3.05, 3.63) is 82.5 Å². The average Bonchev–Trinajstić information content (AvgIpc) is 3.45. The van der Waals surface area contributed by atoms with Crippen molar-refractivity contribution in [2.24, 2.45) is 19.8 Å². The smallest absolute Gasteiger partial charge is 0.291 e. The van der Waals surface area contributed by atoms with Crippen molar-refractivity contribution in [3.63, 3.8) is 0 Å². The first-order valence-corrected chi connectivity index (χ1v) is 12.1. The number of nitrogens with zero attached hydrogens (tertiary/aromatic N) is 4. The molecular formula is C26H25ClF2N7O4+. The van der Waals surface area contributed by atoms with E-state index < -0.39 is 29.4 Å². The van der Waals surface area contributed by atoms with Gasteiger partial charge < -0.3 is 25.7 Å². The third-order valence-corrected chi connectivity index (χ3v) is 6.36. The summed E-state index contributed by atoms with van der Waals surface area (Å²) in [5.74, 6) is -4.18. The van der Waals surface area contributed by atoms with Gasteiger partial charge in [0.25, 0.3) is 11.8 Å². The standard InChI is InChI=1S/C26H24ClF2N7O4/c1-34-11-14(12-36(34)13-21(30)37)9-32-25(38)16-5-4-15(8-18(16)27)33-26(39)24-31-10-19(35(24)2)17-6-7-20(40-3)23(29)22(17)28/h4-8,10-12H,9,13H2,1-3H3,(H3-,30,32,33,37,38,39)/p+1. The molecule has 0 spiro atoms. The van der Waals surface area contributed by atoms with Gasteiger partial charge in [0.05, 0.1) is 47.9 Å². The largest absolute Gasteiger partial charge is 0.494 e. The molecule has 4 rings (SSSR count). The number of primary amides is 1. The second kappa shape index (κ2) is 11.5. The Balaban J connectivity index is 1.44. The number of nitrogens with one attached hydrogen (secondary N) is 2. The molecule has 40 heavy (non-hydrogen) atoms. The number of aromatic nitrogens is 4. The molecule has 11 nitrogen and oxygen atoms in total. The van der Waals surface area contributed by atoms with Gasteiger partial charge in [-0.25, -0.2) is 9.37 Å². The van der Waals surface area contributed by atoms with Crippen LogP contribution in [0.3, 0.4) is 0 Å². The lowest BCUT2D eigenvalue weighted by atomic mass is 10.1.